The SMILES string of the molecule is C=CC(=O)OC(C)CC1CC2CCC1C2. The van der Waals surface area contributed by atoms with Crippen LogP contribution in [0.5, 0.6) is 0 Å². The Morgan fingerprint density at radius 1 is 1.53 bits per heavy atom. The molecule has 0 spiro atoms. The van der Waals surface area contributed by atoms with E-state index in [0.29, 0.717) is 0 Å². The third-order valence-electron chi connectivity index (χ3n) is 4.00. The van der Waals surface area contributed by atoms with Crippen LogP contribution in [0.3, 0.4) is 0 Å². The number of fused-ring (bicyclic) bond motifs is 2. The van der Waals surface area contributed by atoms with Crippen molar-refractivity contribution in [3.8, 4) is 0 Å². The summed E-state index contributed by atoms with van der Waals surface area (Å²) in [7, 11) is 0. The van der Waals surface area contributed by atoms with Crippen molar-refractivity contribution >= 4 is 5.97 Å². The Morgan fingerprint density at radius 3 is 2.87 bits per heavy atom. The molecule has 0 N–H and O–H groups in total. The Hall–Kier alpha value is -0.790. The van der Waals surface area contributed by atoms with Gasteiger partial charge in [-0.1, -0.05) is 13.0 Å². The number of ether oxygens (including phenoxy) is 1. The van der Waals surface area contributed by atoms with Crippen molar-refractivity contribution in [1.82, 2.24) is 0 Å². The van der Waals surface area contributed by atoms with Gasteiger partial charge in [-0.15, -0.1) is 0 Å². The normalized spacial score (nSPS) is 35.1. The van der Waals surface area contributed by atoms with Crippen LogP contribution in [-0.4, -0.2) is 12.1 Å². The van der Waals surface area contributed by atoms with E-state index in [4.69, 9.17) is 4.74 Å². The van der Waals surface area contributed by atoms with Crippen molar-refractivity contribution in [2.24, 2.45) is 17.8 Å². The zero-order valence-corrected chi connectivity index (χ0v) is 9.45. The molecule has 2 aliphatic carbocycles. The van der Waals surface area contributed by atoms with Gasteiger partial charge in [0.05, 0.1) is 6.10 Å². The van der Waals surface area contributed by atoms with Crippen LogP contribution in [0.1, 0.15) is 39.0 Å². The van der Waals surface area contributed by atoms with Gasteiger partial charge < -0.3 is 4.74 Å². The van der Waals surface area contributed by atoms with Gasteiger partial charge in [0.25, 0.3) is 0 Å². The molecule has 0 radical (unpaired) electrons. The molecule has 2 rings (SSSR count). The molecule has 2 aliphatic rings. The molecule has 0 aromatic rings. The standard InChI is InChI=1S/C13H20O2/c1-3-13(14)15-9(2)6-12-8-10-4-5-11(12)7-10/h3,9-12H,1,4-8H2,2H3. The zero-order chi connectivity index (χ0) is 10.8. The van der Waals surface area contributed by atoms with Crippen molar-refractivity contribution in [1.29, 1.82) is 0 Å². The van der Waals surface area contributed by atoms with E-state index >= 15 is 0 Å². The minimum Gasteiger partial charge on any atom is -0.460 e. The number of rotatable bonds is 4. The Labute approximate surface area is 91.7 Å². The summed E-state index contributed by atoms with van der Waals surface area (Å²) in [4.78, 5) is 11.0. The second kappa shape index (κ2) is 4.38. The molecule has 0 aliphatic heterocycles. The minimum atomic E-state index is -0.286. The van der Waals surface area contributed by atoms with Gasteiger partial charge in [-0.05, 0) is 50.4 Å². The average Bonchev–Trinajstić information content (AvgIpc) is 2.78. The molecule has 84 valence electrons. The van der Waals surface area contributed by atoms with Crippen LogP contribution in [0, 0.1) is 17.8 Å². The first-order valence-corrected chi connectivity index (χ1v) is 6.02. The molecule has 2 nitrogen and oxygen atoms in total. The smallest absolute Gasteiger partial charge is 0.330 e. The summed E-state index contributed by atoms with van der Waals surface area (Å²) in [6.45, 7) is 5.40. The quantitative estimate of drug-likeness (QED) is 0.524. The summed E-state index contributed by atoms with van der Waals surface area (Å²) >= 11 is 0. The van der Waals surface area contributed by atoms with Crippen molar-refractivity contribution in [3.63, 3.8) is 0 Å². The summed E-state index contributed by atoms with van der Waals surface area (Å²) in [5.74, 6) is 2.41. The van der Waals surface area contributed by atoms with Gasteiger partial charge >= 0.3 is 5.97 Å². The van der Waals surface area contributed by atoms with Crippen LogP contribution in [0.2, 0.25) is 0 Å². The molecule has 2 saturated carbocycles. The van der Waals surface area contributed by atoms with Crippen LogP contribution >= 0.6 is 0 Å². The third kappa shape index (κ3) is 2.42. The number of carbonyl (C=O) groups is 1. The highest BCUT2D eigenvalue weighted by atomic mass is 16.5. The fraction of sp³-hybridized carbons (Fsp3) is 0.769. The summed E-state index contributed by atoms with van der Waals surface area (Å²) in [5, 5.41) is 0. The number of esters is 1. The highest BCUT2D eigenvalue weighted by Gasteiger charge is 2.39. The zero-order valence-electron chi connectivity index (χ0n) is 9.45. The highest BCUT2D eigenvalue weighted by molar-refractivity contribution is 5.81. The third-order valence-corrected chi connectivity index (χ3v) is 4.00. The molecular formula is C13H20O2. The molecule has 0 amide bonds. The van der Waals surface area contributed by atoms with Crippen molar-refractivity contribution in [2.45, 2.75) is 45.1 Å². The fourth-order valence-corrected chi connectivity index (χ4v) is 3.39. The molecule has 0 heterocycles. The van der Waals surface area contributed by atoms with E-state index in [9.17, 15) is 4.79 Å². The van der Waals surface area contributed by atoms with Gasteiger partial charge in [-0.2, -0.15) is 0 Å². The lowest BCUT2D eigenvalue weighted by molar-refractivity contribution is -0.143. The predicted molar refractivity (Wildman–Crippen MR) is 59.3 cm³/mol. The summed E-state index contributed by atoms with van der Waals surface area (Å²) in [6, 6.07) is 0. The molecule has 0 saturated heterocycles. The van der Waals surface area contributed by atoms with Crippen LogP contribution in [-0.2, 0) is 9.53 Å². The monoisotopic (exact) mass is 208 g/mol. The van der Waals surface area contributed by atoms with E-state index in [-0.39, 0.29) is 12.1 Å². The van der Waals surface area contributed by atoms with Crippen LogP contribution in [0.15, 0.2) is 12.7 Å². The van der Waals surface area contributed by atoms with Crippen LogP contribution < -0.4 is 0 Å². The van der Waals surface area contributed by atoms with Gasteiger partial charge in [0.2, 0.25) is 0 Å². The molecule has 4 unspecified atom stereocenters. The largest absolute Gasteiger partial charge is 0.460 e. The van der Waals surface area contributed by atoms with Crippen molar-refractivity contribution in [3.05, 3.63) is 12.7 Å². The van der Waals surface area contributed by atoms with E-state index in [1.807, 2.05) is 6.92 Å². The first-order chi connectivity index (χ1) is 7.19. The Bertz CT molecular complexity index is 259. The maximum Gasteiger partial charge on any atom is 0.330 e. The Balaban J connectivity index is 1.77. The van der Waals surface area contributed by atoms with Gasteiger partial charge in [0, 0.05) is 6.08 Å². The summed E-state index contributed by atoms with van der Waals surface area (Å²) < 4.78 is 5.21. The van der Waals surface area contributed by atoms with Gasteiger partial charge in [0.15, 0.2) is 0 Å². The topological polar surface area (TPSA) is 26.3 Å². The fourth-order valence-electron chi connectivity index (χ4n) is 3.39. The van der Waals surface area contributed by atoms with Gasteiger partial charge in [-0.25, -0.2) is 4.79 Å². The Kier molecular flexibility index (Phi) is 3.13. The highest BCUT2D eigenvalue weighted by Crippen LogP contribution is 2.49. The minimum absolute atomic E-state index is 0.0554. The first kappa shape index (κ1) is 10.7. The van der Waals surface area contributed by atoms with E-state index < -0.39 is 0 Å². The molecule has 15 heavy (non-hydrogen) atoms. The van der Waals surface area contributed by atoms with Gasteiger partial charge in [0.1, 0.15) is 0 Å². The van der Waals surface area contributed by atoms with Crippen molar-refractivity contribution < 1.29 is 9.53 Å². The van der Waals surface area contributed by atoms with E-state index in [0.717, 1.165) is 24.2 Å². The van der Waals surface area contributed by atoms with E-state index in [1.54, 1.807) is 0 Å². The second-order valence-corrected chi connectivity index (χ2v) is 5.12. The predicted octanol–water partition coefficient (Wildman–Crippen LogP) is 2.93. The Morgan fingerprint density at radius 2 is 2.33 bits per heavy atom. The van der Waals surface area contributed by atoms with E-state index in [2.05, 4.69) is 6.58 Å². The number of hydrogen-bond acceptors (Lipinski definition) is 2. The van der Waals surface area contributed by atoms with Gasteiger partial charge in [-0.3, -0.25) is 0 Å². The number of hydrogen-bond donors (Lipinski definition) is 0. The molecule has 2 heteroatoms. The lowest BCUT2D eigenvalue weighted by Crippen LogP contribution is -2.20. The maximum atomic E-state index is 11.0. The number of carbonyl (C=O) groups excluding carboxylic acids is 1. The molecule has 2 bridgehead atoms. The lowest BCUT2D eigenvalue weighted by Gasteiger charge is -2.24. The summed E-state index contributed by atoms with van der Waals surface area (Å²) in [5.41, 5.74) is 0. The van der Waals surface area contributed by atoms with Crippen LogP contribution in [0.25, 0.3) is 0 Å². The molecule has 2 fully saturated rings. The lowest BCUT2D eigenvalue weighted by atomic mass is 9.85. The molecular weight excluding hydrogens is 188 g/mol. The molecule has 4 atom stereocenters. The average molecular weight is 208 g/mol. The summed E-state index contributed by atoms with van der Waals surface area (Å²) in [6.07, 6.45) is 7.96. The molecule has 0 aromatic carbocycles. The van der Waals surface area contributed by atoms with Crippen molar-refractivity contribution in [2.75, 3.05) is 0 Å². The molecule has 0 aromatic heterocycles. The first-order valence-electron chi connectivity index (χ1n) is 6.02. The second-order valence-electron chi connectivity index (χ2n) is 5.12. The van der Waals surface area contributed by atoms with Crippen LogP contribution in [0.4, 0.5) is 0 Å². The van der Waals surface area contributed by atoms with E-state index in [1.165, 1.54) is 31.8 Å². The maximum absolute atomic E-state index is 11.0.